The number of halogens is 2. The Bertz CT molecular complexity index is 3540. The molecule has 2 amide bonds. The summed E-state index contributed by atoms with van der Waals surface area (Å²) in [7, 11) is 2.27. The molecule has 810 valence electrons. The van der Waals surface area contributed by atoms with E-state index in [2.05, 4.69) is 272 Å². The molecule has 20 fully saturated rings. The minimum atomic E-state index is -2.45. The van der Waals surface area contributed by atoms with Crippen LogP contribution in [-0.4, -0.2) is 492 Å². The zero-order valence-electron chi connectivity index (χ0n) is 94.1. The number of likely N-dealkylation sites (tertiary alicyclic amines) is 5. The van der Waals surface area contributed by atoms with Crippen LogP contribution in [0.1, 0.15) is 275 Å². The van der Waals surface area contributed by atoms with Crippen molar-refractivity contribution < 1.29 is 37.3 Å². The quantitative estimate of drug-likeness (QED) is 0.184. The number of piperazine rings is 6. The summed E-state index contributed by atoms with van der Waals surface area (Å²) in [5.41, 5.74) is 0. The van der Waals surface area contributed by atoms with Gasteiger partial charge in [0.25, 0.3) is 5.92 Å². The minimum absolute atomic E-state index is 0.0242. The first-order valence-electron chi connectivity index (χ1n) is 57.9. The fourth-order valence-electron chi connectivity index (χ4n) is 26.5. The van der Waals surface area contributed by atoms with Crippen molar-refractivity contribution in [1.82, 2.24) is 97.7 Å². The highest BCUT2D eigenvalue weighted by molar-refractivity contribution is 5.79. The first-order chi connectivity index (χ1) is 66.7. The number of amides is 2. The van der Waals surface area contributed by atoms with Crippen LogP contribution >= 0.6 is 0 Å². The Hall–Kier alpha value is -2.79. The molecule has 21 aliphatic rings. The molecule has 15 unspecified atom stereocenters. The number of imidazole rings is 1. The lowest BCUT2D eigenvalue weighted by Gasteiger charge is -2.46. The highest BCUT2D eigenvalue weighted by Gasteiger charge is 2.49. The Morgan fingerprint density at radius 2 is 0.771 bits per heavy atom. The fourth-order valence-corrected chi connectivity index (χ4v) is 26.5. The van der Waals surface area contributed by atoms with Crippen LogP contribution in [0.4, 0.5) is 8.78 Å². The van der Waals surface area contributed by atoms with E-state index in [4.69, 9.17) is 18.9 Å². The molecule has 0 saturated carbocycles. The van der Waals surface area contributed by atoms with Gasteiger partial charge in [0.15, 0.2) is 0 Å². The van der Waals surface area contributed by atoms with Crippen molar-refractivity contribution in [2.45, 2.75) is 421 Å². The number of alkyl halides is 2. The number of ether oxygens (including phenoxy) is 4. The summed E-state index contributed by atoms with van der Waals surface area (Å²) in [4.78, 5) is 71.6. The molecule has 0 N–H and O–H groups in total. The molecule has 0 radical (unpaired) electrons. The van der Waals surface area contributed by atoms with Crippen LogP contribution in [0.3, 0.4) is 0 Å². The Morgan fingerprint density at radius 3 is 1.33 bits per heavy atom. The van der Waals surface area contributed by atoms with E-state index < -0.39 is 5.92 Å². The number of nitrogens with zero attached hydrogens (tertiary/aromatic N) is 20. The van der Waals surface area contributed by atoms with Crippen LogP contribution < -0.4 is 0 Å². The van der Waals surface area contributed by atoms with Crippen LogP contribution in [0.2, 0.25) is 0 Å². The maximum absolute atomic E-state index is 13.1. The average molecular weight is 1970 g/mol. The van der Waals surface area contributed by atoms with Crippen molar-refractivity contribution in [3.63, 3.8) is 0 Å². The summed E-state index contributed by atoms with van der Waals surface area (Å²) >= 11 is 0. The number of hydrogen-bond donors (Lipinski definition) is 0. The molecule has 21 aliphatic heterocycles. The first kappa shape index (κ1) is 116. The van der Waals surface area contributed by atoms with Gasteiger partial charge in [-0.3, -0.25) is 78.2 Å². The molecule has 140 heavy (non-hydrogen) atoms. The Balaban J connectivity index is 0.000000138. The SMILES string of the molecule is CC(C)CC1CN(C(C)C)CC2CCCN21.CC(C)N1CC2CCN(C)C2C1.CC(C)N1CC2CCOC2C1.CC(C)N1CCC2CCOC2C1.CC(C)N1CCC2OCCC2C1.CC(C)N1CCN2C(=O)CCC2C1.CC(C)N1CCN2C(=O)CCC2C1.CC(C)N1CCN2CC(F)(F)CC2C1.CC(C)N1CCN2CCCC2C1.CC(C)N1CCN2CCOCC2C1.CC(C)N1CCn2ccnc2C1. The molecule has 28 heteroatoms. The standard InChI is InChI=1S/C14H28N2.C10H18F2N2.C10H20N2O.2C10H18N2O.2C10H20N2.2C10H19NO.C9H15N3.C9H17NO/c1-11(2)8-14-10-15(12(3)4)9-13-6-5-7-16(13)14;1-8(2)13-3-4-14-7-10(11,12)5-9(14)6-13;1-9(2)12-4-3-11-5-6-13-8-10(11)7-12;2*1-8(2)11-5-6-12-9(7-11)3-4-10(12)13;1-8(2)12-6-9-4-5-11(3)10(9)7-12;1-9(2)12-7-6-11-5-3-4-10(11)8-12;1-8(2)11-5-3-10-9(7-11)4-6-12-10;1-8(2)11-5-3-9-4-6-12-10(9)7-11;1-8(2)12-6-5-11-4-3-10-9(11)7-12;1-7(2)10-5-8-3-4-11-9(8)6-10/h11-14H,5-10H2,1-4H3;8-9H,3-7H2,1-2H3;9-10H,3-8H2,1-2H3;2*8-9H,3-7H2,1-2H3;8-10H,4-7H2,1-3H3;9-10H,3-8H2,1-2H3;2*8-10H,3-7H2,1-2H3;3-4,8H,5-7H2,1-2H3;7-9H,3-6H2,1-2H3. The van der Waals surface area contributed by atoms with Gasteiger partial charge in [0.05, 0.1) is 44.6 Å². The van der Waals surface area contributed by atoms with Crippen LogP contribution in [-0.2, 0) is 41.6 Å². The summed E-state index contributed by atoms with van der Waals surface area (Å²) in [6, 6.07) is 12.6. The summed E-state index contributed by atoms with van der Waals surface area (Å²) in [6.07, 6.45) is 24.4. The van der Waals surface area contributed by atoms with Crippen molar-refractivity contribution >= 4 is 11.8 Å². The van der Waals surface area contributed by atoms with E-state index >= 15 is 0 Å². The summed E-state index contributed by atoms with van der Waals surface area (Å²) in [5, 5.41) is 0. The number of morpholine rings is 1. The topological polar surface area (TPSA) is 147 Å². The highest BCUT2D eigenvalue weighted by atomic mass is 19.3. The monoisotopic (exact) mass is 1970 g/mol. The van der Waals surface area contributed by atoms with E-state index in [1.54, 1.807) is 0 Å². The highest BCUT2D eigenvalue weighted by Crippen LogP contribution is 2.38. The molecular weight excluding hydrogens is 1760 g/mol. The van der Waals surface area contributed by atoms with E-state index in [1.807, 2.05) is 11.1 Å². The van der Waals surface area contributed by atoms with Gasteiger partial charge in [-0.05, 0) is 287 Å². The van der Waals surface area contributed by atoms with Crippen molar-refractivity contribution in [3.8, 4) is 0 Å². The van der Waals surface area contributed by atoms with E-state index in [-0.39, 0.29) is 19.0 Å². The second kappa shape index (κ2) is 55.8. The van der Waals surface area contributed by atoms with Crippen LogP contribution in [0.15, 0.2) is 12.4 Å². The normalized spacial score (nSPS) is 32.7. The third-order valence-corrected chi connectivity index (χ3v) is 36.2. The van der Waals surface area contributed by atoms with Gasteiger partial charge < -0.3 is 43.1 Å². The molecule has 1 aromatic heterocycles. The largest absolute Gasteiger partial charge is 0.378 e. The number of carbonyl (C=O) groups is 2. The molecule has 0 spiro atoms. The Labute approximate surface area is 854 Å². The third kappa shape index (κ3) is 33.6. The number of rotatable bonds is 13. The number of aromatic nitrogens is 2. The Kier molecular flexibility index (Phi) is 46.2. The predicted octanol–water partition coefficient (Wildman–Crippen LogP) is 13.3. The lowest BCUT2D eigenvalue weighted by Crippen LogP contribution is -2.59. The molecule has 26 nitrogen and oxygen atoms in total. The maximum atomic E-state index is 13.1. The molecular formula is C112H212F2N20O6. The van der Waals surface area contributed by atoms with Crippen molar-refractivity contribution in [2.24, 2.45) is 29.6 Å². The number of carbonyl (C=O) groups excluding carboxylic acids is 2. The number of hydrogen-bond acceptors (Lipinski definition) is 23. The van der Waals surface area contributed by atoms with Crippen LogP contribution in [0.25, 0.3) is 0 Å². The lowest BCUT2D eigenvalue weighted by atomic mass is 9.93. The number of fused-ring (bicyclic) bond motifs is 11. The zero-order valence-corrected chi connectivity index (χ0v) is 94.1. The van der Waals surface area contributed by atoms with Gasteiger partial charge in [0, 0.05) is 355 Å². The van der Waals surface area contributed by atoms with E-state index in [1.165, 1.54) is 201 Å². The second-order valence-corrected chi connectivity index (χ2v) is 49.6. The van der Waals surface area contributed by atoms with Crippen molar-refractivity contribution in [1.29, 1.82) is 0 Å². The Morgan fingerprint density at radius 1 is 0.350 bits per heavy atom. The summed E-state index contributed by atoms with van der Waals surface area (Å²) in [6.45, 7) is 96.7. The molecule has 0 aliphatic carbocycles. The van der Waals surface area contributed by atoms with Crippen LogP contribution in [0, 0.1) is 29.6 Å². The fraction of sp³-hybridized carbons (Fsp3) is 0.955. The van der Waals surface area contributed by atoms with Crippen molar-refractivity contribution in [2.75, 3.05) is 243 Å². The summed E-state index contributed by atoms with van der Waals surface area (Å²) < 4.78 is 50.9. The smallest absolute Gasteiger partial charge is 0.262 e. The van der Waals surface area contributed by atoms with Gasteiger partial charge in [-0.2, -0.15) is 0 Å². The number of piperidine rings is 2. The van der Waals surface area contributed by atoms with Crippen molar-refractivity contribution in [3.05, 3.63) is 18.2 Å². The number of likely N-dealkylation sites (N-methyl/N-ethyl adjacent to an activating group) is 1. The molecule has 1 aromatic rings. The zero-order chi connectivity index (χ0) is 101. The van der Waals surface area contributed by atoms with E-state index in [0.29, 0.717) is 96.6 Å². The van der Waals surface area contributed by atoms with Gasteiger partial charge in [0.1, 0.15) is 5.82 Å². The maximum Gasteiger partial charge on any atom is 0.262 e. The lowest BCUT2D eigenvalue weighted by molar-refractivity contribution is -0.131. The molecule has 22 rings (SSSR count). The third-order valence-electron chi connectivity index (χ3n) is 36.2. The van der Waals surface area contributed by atoms with Crippen LogP contribution in [0.5, 0.6) is 0 Å². The second-order valence-electron chi connectivity index (χ2n) is 49.6. The van der Waals surface area contributed by atoms with Gasteiger partial charge in [-0.15, -0.1) is 0 Å². The minimum Gasteiger partial charge on any atom is -0.378 e. The average Bonchev–Trinajstić information content (AvgIpc) is 1.80. The predicted molar refractivity (Wildman–Crippen MR) is 570 cm³/mol. The van der Waals surface area contributed by atoms with Gasteiger partial charge in [-0.1, -0.05) is 13.8 Å². The van der Waals surface area contributed by atoms with Gasteiger partial charge in [-0.25, -0.2) is 13.8 Å². The molecule has 0 bridgehead atoms. The molecule has 20 saturated heterocycles. The molecule has 22 heterocycles. The molecule has 0 aromatic carbocycles. The molecule has 15 atom stereocenters. The van der Waals surface area contributed by atoms with Gasteiger partial charge >= 0.3 is 0 Å². The van der Waals surface area contributed by atoms with E-state index in [0.717, 1.165) is 216 Å². The van der Waals surface area contributed by atoms with E-state index in [9.17, 15) is 18.4 Å². The van der Waals surface area contributed by atoms with Gasteiger partial charge in [0.2, 0.25) is 11.8 Å². The first-order valence-corrected chi connectivity index (χ1v) is 57.9. The summed E-state index contributed by atoms with van der Waals surface area (Å²) in [5.74, 6) is 3.85.